The van der Waals surface area contributed by atoms with Gasteiger partial charge in [-0.05, 0) is 61.2 Å². The van der Waals surface area contributed by atoms with Crippen LogP contribution >= 0.6 is 11.6 Å². The minimum atomic E-state index is 0.0731. The van der Waals surface area contributed by atoms with Gasteiger partial charge in [0.1, 0.15) is 5.75 Å². The Bertz CT molecular complexity index is 938. The van der Waals surface area contributed by atoms with Gasteiger partial charge in [-0.1, -0.05) is 11.6 Å². The average Bonchev–Trinajstić information content (AvgIpc) is 3.14. The number of carbonyl (C=O) groups excluding carboxylic acids is 1. The number of hydrogen-bond acceptors (Lipinski definition) is 5. The highest BCUT2D eigenvalue weighted by molar-refractivity contribution is 6.31. The van der Waals surface area contributed by atoms with Crippen molar-refractivity contribution in [1.82, 2.24) is 5.32 Å². The first-order valence-corrected chi connectivity index (χ1v) is 9.78. The van der Waals surface area contributed by atoms with Crippen LogP contribution in [0.1, 0.15) is 29.5 Å². The lowest BCUT2D eigenvalue weighted by atomic mass is 9.96. The highest BCUT2D eigenvalue weighted by Gasteiger charge is 2.21. The van der Waals surface area contributed by atoms with Gasteiger partial charge in [0, 0.05) is 35.3 Å². The lowest BCUT2D eigenvalue weighted by Crippen LogP contribution is -2.23. The van der Waals surface area contributed by atoms with Gasteiger partial charge < -0.3 is 19.5 Å². The van der Waals surface area contributed by atoms with E-state index < -0.39 is 0 Å². The first-order valence-electron chi connectivity index (χ1n) is 9.40. The van der Waals surface area contributed by atoms with E-state index in [9.17, 15) is 4.79 Å². The van der Waals surface area contributed by atoms with E-state index in [4.69, 9.17) is 25.8 Å². The van der Waals surface area contributed by atoms with Crippen LogP contribution < -0.4 is 19.5 Å². The molecule has 5 nitrogen and oxygen atoms in total. The summed E-state index contributed by atoms with van der Waals surface area (Å²) in [6, 6.07) is 9.53. The third-order valence-corrected chi connectivity index (χ3v) is 5.29. The van der Waals surface area contributed by atoms with Gasteiger partial charge in [-0.3, -0.25) is 4.79 Å². The van der Waals surface area contributed by atoms with Crippen molar-refractivity contribution in [2.75, 3.05) is 19.9 Å². The first kappa shape index (κ1) is 18.7. The number of aryl methyl sites for hydroxylation is 1. The Hall–Kier alpha value is -2.66. The molecular formula is C22H22ClNO4. The molecule has 0 fully saturated rings. The molecule has 146 valence electrons. The molecule has 0 atom stereocenters. The summed E-state index contributed by atoms with van der Waals surface area (Å²) < 4.78 is 16.6. The molecular weight excluding hydrogens is 378 g/mol. The van der Waals surface area contributed by atoms with Crippen LogP contribution in [0.3, 0.4) is 0 Å². The number of nitrogens with one attached hydrogen (secondary N) is 1. The Labute approximate surface area is 169 Å². The number of halogens is 1. The predicted molar refractivity (Wildman–Crippen MR) is 108 cm³/mol. The van der Waals surface area contributed by atoms with Crippen LogP contribution in [0, 0.1) is 6.92 Å². The summed E-state index contributed by atoms with van der Waals surface area (Å²) >= 11 is 6.02. The van der Waals surface area contributed by atoms with Crippen molar-refractivity contribution in [3.8, 4) is 17.2 Å². The number of rotatable bonds is 6. The summed E-state index contributed by atoms with van der Waals surface area (Å²) in [5, 5.41) is 4.04. The lowest BCUT2D eigenvalue weighted by molar-refractivity contribution is -0.114. The molecule has 2 aromatic rings. The van der Waals surface area contributed by atoms with E-state index in [2.05, 4.69) is 5.32 Å². The van der Waals surface area contributed by atoms with E-state index in [0.717, 1.165) is 52.1 Å². The molecule has 0 radical (unpaired) electrons. The molecule has 2 heterocycles. The van der Waals surface area contributed by atoms with Crippen molar-refractivity contribution in [2.45, 2.75) is 26.2 Å². The molecule has 0 aliphatic carbocycles. The van der Waals surface area contributed by atoms with Crippen molar-refractivity contribution in [2.24, 2.45) is 0 Å². The molecule has 0 bridgehead atoms. The smallest absolute Gasteiger partial charge is 0.231 e. The van der Waals surface area contributed by atoms with E-state index >= 15 is 0 Å². The molecule has 1 N–H and O–H groups in total. The Kier molecular flexibility index (Phi) is 5.44. The van der Waals surface area contributed by atoms with Gasteiger partial charge >= 0.3 is 0 Å². The number of allylic oxidation sites excluding steroid dienone is 1. The van der Waals surface area contributed by atoms with Gasteiger partial charge in [0.15, 0.2) is 17.3 Å². The Morgan fingerprint density at radius 1 is 1.25 bits per heavy atom. The standard InChI is InChI=1S/C22H22ClNO4/c1-14-9-17(4-5-19(14)23)26-8-2-3-16(25)11-20-18-12-22-21(27-13-28-22)10-15(18)6-7-24-20/h4-5,9-12,24H,2-3,6-8,13H2,1H3. The third-order valence-electron chi connectivity index (χ3n) is 4.87. The van der Waals surface area contributed by atoms with Crippen molar-refractivity contribution in [1.29, 1.82) is 0 Å². The second-order valence-corrected chi connectivity index (χ2v) is 7.33. The molecule has 0 spiro atoms. The molecule has 2 aromatic carbocycles. The summed E-state index contributed by atoms with van der Waals surface area (Å²) in [5.74, 6) is 2.35. The van der Waals surface area contributed by atoms with Crippen LogP contribution in [0.25, 0.3) is 5.70 Å². The molecule has 6 heteroatoms. The molecule has 0 amide bonds. The van der Waals surface area contributed by atoms with E-state index in [1.54, 1.807) is 6.08 Å². The van der Waals surface area contributed by atoms with Crippen molar-refractivity contribution >= 4 is 23.1 Å². The maximum absolute atomic E-state index is 12.4. The molecule has 2 aliphatic heterocycles. The second-order valence-electron chi connectivity index (χ2n) is 6.93. The van der Waals surface area contributed by atoms with Gasteiger partial charge in [-0.15, -0.1) is 0 Å². The van der Waals surface area contributed by atoms with Crippen LogP contribution in [0.4, 0.5) is 0 Å². The zero-order valence-electron chi connectivity index (χ0n) is 15.7. The van der Waals surface area contributed by atoms with Gasteiger partial charge in [-0.2, -0.15) is 0 Å². The summed E-state index contributed by atoms with van der Waals surface area (Å²) in [6.45, 7) is 3.46. The quantitative estimate of drug-likeness (QED) is 0.580. The first-order chi connectivity index (χ1) is 13.6. The molecule has 2 aliphatic rings. The SMILES string of the molecule is Cc1cc(OCCCC(=O)C=C2NCCc3cc4c(cc32)OCO4)ccc1Cl. The third kappa shape index (κ3) is 4.09. The lowest BCUT2D eigenvalue weighted by Gasteiger charge is -2.21. The normalized spacial score (nSPS) is 15.9. The minimum Gasteiger partial charge on any atom is -0.494 e. The predicted octanol–water partition coefficient (Wildman–Crippen LogP) is 4.29. The Morgan fingerprint density at radius 2 is 2.07 bits per heavy atom. The highest BCUT2D eigenvalue weighted by atomic mass is 35.5. The summed E-state index contributed by atoms with van der Waals surface area (Å²) in [7, 11) is 0. The number of ether oxygens (including phenoxy) is 3. The fraction of sp³-hybridized carbons (Fsp3) is 0.318. The molecule has 0 saturated heterocycles. The van der Waals surface area contributed by atoms with Gasteiger partial charge in [0.2, 0.25) is 6.79 Å². The number of hydrogen-bond donors (Lipinski definition) is 1. The van der Waals surface area contributed by atoms with E-state index in [1.807, 2.05) is 37.3 Å². The summed E-state index contributed by atoms with van der Waals surface area (Å²) in [4.78, 5) is 12.4. The summed E-state index contributed by atoms with van der Waals surface area (Å²) in [6.07, 6.45) is 3.66. The fourth-order valence-electron chi connectivity index (χ4n) is 3.37. The van der Waals surface area contributed by atoms with Gasteiger partial charge in [0.25, 0.3) is 0 Å². The number of benzene rings is 2. The number of ketones is 1. The van der Waals surface area contributed by atoms with Crippen LogP contribution in [0.2, 0.25) is 5.02 Å². The van der Waals surface area contributed by atoms with Gasteiger partial charge in [0.05, 0.1) is 6.61 Å². The minimum absolute atomic E-state index is 0.0731. The summed E-state index contributed by atoms with van der Waals surface area (Å²) in [5.41, 5.74) is 4.00. The van der Waals surface area contributed by atoms with Crippen LogP contribution in [0.5, 0.6) is 17.2 Å². The van der Waals surface area contributed by atoms with Crippen LogP contribution in [0.15, 0.2) is 36.4 Å². The molecule has 28 heavy (non-hydrogen) atoms. The van der Waals surface area contributed by atoms with Crippen LogP contribution in [-0.2, 0) is 11.2 Å². The number of carbonyl (C=O) groups is 1. The highest BCUT2D eigenvalue weighted by Crippen LogP contribution is 2.38. The van der Waals surface area contributed by atoms with E-state index in [-0.39, 0.29) is 12.6 Å². The Balaban J connectivity index is 1.35. The second kappa shape index (κ2) is 8.15. The maximum Gasteiger partial charge on any atom is 0.231 e. The molecule has 0 saturated carbocycles. The molecule has 0 aromatic heterocycles. The monoisotopic (exact) mass is 399 g/mol. The number of fused-ring (bicyclic) bond motifs is 2. The van der Waals surface area contributed by atoms with Crippen molar-refractivity contribution in [3.63, 3.8) is 0 Å². The van der Waals surface area contributed by atoms with Gasteiger partial charge in [-0.25, -0.2) is 0 Å². The largest absolute Gasteiger partial charge is 0.494 e. The average molecular weight is 400 g/mol. The molecule has 0 unspecified atom stereocenters. The molecule has 4 rings (SSSR count). The van der Waals surface area contributed by atoms with E-state index in [1.165, 1.54) is 5.56 Å². The zero-order valence-corrected chi connectivity index (χ0v) is 16.5. The van der Waals surface area contributed by atoms with E-state index in [0.29, 0.717) is 19.4 Å². The maximum atomic E-state index is 12.4. The fourth-order valence-corrected chi connectivity index (χ4v) is 3.49. The van der Waals surface area contributed by atoms with Crippen molar-refractivity contribution in [3.05, 3.63) is 58.1 Å². The van der Waals surface area contributed by atoms with Crippen molar-refractivity contribution < 1.29 is 19.0 Å². The zero-order chi connectivity index (χ0) is 19.5. The topological polar surface area (TPSA) is 56.8 Å². The Morgan fingerprint density at radius 3 is 2.89 bits per heavy atom. The van der Waals surface area contributed by atoms with Crippen LogP contribution in [-0.4, -0.2) is 25.7 Å².